The van der Waals surface area contributed by atoms with Gasteiger partial charge in [-0.2, -0.15) is 0 Å². The van der Waals surface area contributed by atoms with Crippen LogP contribution in [0.3, 0.4) is 0 Å². The molecule has 1 aliphatic heterocycles. The zero-order valence-electron chi connectivity index (χ0n) is 12.1. The fraction of sp³-hybridized carbons (Fsp3) is 1.00. The Labute approximate surface area is 107 Å². The predicted molar refractivity (Wildman–Crippen MR) is 73.9 cm³/mol. The number of nitrogens with zero attached hydrogens (tertiary/aromatic N) is 1. The first-order valence-corrected chi connectivity index (χ1v) is 7.41. The summed E-state index contributed by atoms with van der Waals surface area (Å²) in [5.74, 6) is 1.72. The third kappa shape index (κ3) is 2.68. The van der Waals surface area contributed by atoms with Crippen molar-refractivity contribution in [3.63, 3.8) is 0 Å². The molecule has 1 saturated carbocycles. The SMILES string of the molecule is CC(C)C1CCN(C2CCCC(C)(C)C2N)C1. The highest BCUT2D eigenvalue weighted by atomic mass is 15.2. The number of rotatable bonds is 2. The van der Waals surface area contributed by atoms with E-state index in [1.54, 1.807) is 0 Å². The van der Waals surface area contributed by atoms with Gasteiger partial charge in [-0.05, 0) is 43.1 Å². The Morgan fingerprint density at radius 3 is 2.53 bits per heavy atom. The number of hydrogen-bond donors (Lipinski definition) is 1. The predicted octanol–water partition coefficient (Wildman–Crippen LogP) is 2.87. The number of likely N-dealkylation sites (tertiary alicyclic amines) is 1. The molecule has 0 aromatic carbocycles. The van der Waals surface area contributed by atoms with Crippen LogP contribution in [0.4, 0.5) is 0 Å². The molecule has 0 spiro atoms. The number of hydrogen-bond acceptors (Lipinski definition) is 2. The summed E-state index contributed by atoms with van der Waals surface area (Å²) in [6, 6.07) is 1.00. The molecular weight excluding hydrogens is 208 g/mol. The van der Waals surface area contributed by atoms with E-state index in [-0.39, 0.29) is 0 Å². The molecule has 2 heteroatoms. The van der Waals surface area contributed by atoms with E-state index >= 15 is 0 Å². The second-order valence-corrected chi connectivity index (χ2v) is 7.26. The zero-order chi connectivity index (χ0) is 12.6. The monoisotopic (exact) mass is 238 g/mol. The van der Waals surface area contributed by atoms with Gasteiger partial charge in [0.05, 0.1) is 0 Å². The first-order valence-electron chi connectivity index (χ1n) is 7.41. The van der Waals surface area contributed by atoms with Crippen LogP contribution in [0.25, 0.3) is 0 Å². The molecule has 3 unspecified atom stereocenters. The highest BCUT2D eigenvalue weighted by Crippen LogP contribution is 2.38. The minimum atomic E-state index is 0.332. The van der Waals surface area contributed by atoms with Crippen LogP contribution in [0.15, 0.2) is 0 Å². The summed E-state index contributed by atoms with van der Waals surface area (Å²) in [5.41, 5.74) is 6.85. The Morgan fingerprint density at radius 1 is 1.24 bits per heavy atom. The molecule has 0 amide bonds. The van der Waals surface area contributed by atoms with E-state index in [0.29, 0.717) is 17.5 Å². The Morgan fingerprint density at radius 2 is 1.94 bits per heavy atom. The normalized spacial score (nSPS) is 38.8. The summed E-state index contributed by atoms with van der Waals surface area (Å²) in [6.45, 7) is 12.0. The summed E-state index contributed by atoms with van der Waals surface area (Å²) in [4.78, 5) is 2.69. The molecule has 2 nitrogen and oxygen atoms in total. The molecule has 3 atom stereocenters. The van der Waals surface area contributed by atoms with Crippen molar-refractivity contribution in [1.29, 1.82) is 0 Å². The maximum atomic E-state index is 6.52. The van der Waals surface area contributed by atoms with Gasteiger partial charge in [0.1, 0.15) is 0 Å². The lowest BCUT2D eigenvalue weighted by atomic mass is 9.71. The van der Waals surface area contributed by atoms with E-state index in [0.717, 1.165) is 11.8 Å². The molecule has 2 N–H and O–H groups in total. The third-order valence-corrected chi connectivity index (χ3v) is 5.31. The van der Waals surface area contributed by atoms with Crippen LogP contribution >= 0.6 is 0 Å². The molecule has 2 fully saturated rings. The van der Waals surface area contributed by atoms with Gasteiger partial charge >= 0.3 is 0 Å². The topological polar surface area (TPSA) is 29.3 Å². The lowest BCUT2D eigenvalue weighted by Gasteiger charge is -2.45. The van der Waals surface area contributed by atoms with Crippen LogP contribution in [0, 0.1) is 17.3 Å². The molecule has 2 aliphatic rings. The lowest BCUT2D eigenvalue weighted by molar-refractivity contribution is 0.0797. The second kappa shape index (κ2) is 4.89. The van der Waals surface area contributed by atoms with Gasteiger partial charge in [0, 0.05) is 18.6 Å². The smallest absolute Gasteiger partial charge is 0.0252 e. The molecule has 1 aliphatic carbocycles. The van der Waals surface area contributed by atoms with Crippen LogP contribution in [-0.2, 0) is 0 Å². The fourth-order valence-corrected chi connectivity index (χ4v) is 3.70. The van der Waals surface area contributed by atoms with Gasteiger partial charge in [-0.25, -0.2) is 0 Å². The maximum Gasteiger partial charge on any atom is 0.0252 e. The highest BCUT2D eigenvalue weighted by molar-refractivity contribution is 4.98. The standard InChI is InChI=1S/C15H30N2/c1-11(2)12-7-9-17(10-12)13-6-5-8-15(3,4)14(13)16/h11-14H,5-10,16H2,1-4H3. The second-order valence-electron chi connectivity index (χ2n) is 7.26. The highest BCUT2D eigenvalue weighted by Gasteiger charge is 2.41. The van der Waals surface area contributed by atoms with Crippen molar-refractivity contribution in [1.82, 2.24) is 4.90 Å². The van der Waals surface area contributed by atoms with Crippen molar-refractivity contribution in [2.24, 2.45) is 23.0 Å². The molecule has 100 valence electrons. The Hall–Kier alpha value is -0.0800. The number of nitrogens with two attached hydrogens (primary N) is 1. The van der Waals surface area contributed by atoms with Gasteiger partial charge in [0.25, 0.3) is 0 Å². The van der Waals surface area contributed by atoms with Gasteiger partial charge in [-0.15, -0.1) is 0 Å². The van der Waals surface area contributed by atoms with Crippen molar-refractivity contribution in [2.45, 2.75) is 65.5 Å². The van der Waals surface area contributed by atoms with E-state index in [2.05, 4.69) is 32.6 Å². The molecule has 1 saturated heterocycles. The van der Waals surface area contributed by atoms with Crippen molar-refractivity contribution >= 4 is 0 Å². The lowest BCUT2D eigenvalue weighted by Crippen LogP contribution is -2.56. The molecule has 0 radical (unpaired) electrons. The Bertz CT molecular complexity index is 260. The van der Waals surface area contributed by atoms with Crippen molar-refractivity contribution in [3.8, 4) is 0 Å². The van der Waals surface area contributed by atoms with Crippen LogP contribution in [0.5, 0.6) is 0 Å². The van der Waals surface area contributed by atoms with Crippen LogP contribution in [0.2, 0.25) is 0 Å². The summed E-state index contributed by atoms with van der Waals surface area (Å²) < 4.78 is 0. The largest absolute Gasteiger partial charge is 0.326 e. The first kappa shape index (κ1) is 13.4. The molecular formula is C15H30N2. The van der Waals surface area contributed by atoms with Crippen molar-refractivity contribution in [2.75, 3.05) is 13.1 Å². The summed E-state index contributed by atoms with van der Waals surface area (Å²) >= 11 is 0. The summed E-state index contributed by atoms with van der Waals surface area (Å²) in [7, 11) is 0. The van der Waals surface area contributed by atoms with Gasteiger partial charge in [0.2, 0.25) is 0 Å². The minimum Gasteiger partial charge on any atom is -0.326 e. The average Bonchev–Trinajstić information content (AvgIpc) is 2.71. The molecule has 0 aromatic rings. The van der Waals surface area contributed by atoms with Crippen LogP contribution in [0.1, 0.15) is 53.4 Å². The molecule has 0 aromatic heterocycles. The molecule has 0 bridgehead atoms. The molecule has 17 heavy (non-hydrogen) atoms. The van der Waals surface area contributed by atoms with E-state index in [4.69, 9.17) is 5.73 Å². The maximum absolute atomic E-state index is 6.52. The summed E-state index contributed by atoms with van der Waals surface area (Å²) in [6.07, 6.45) is 5.34. The van der Waals surface area contributed by atoms with Gasteiger partial charge in [0.15, 0.2) is 0 Å². The van der Waals surface area contributed by atoms with E-state index < -0.39 is 0 Å². The average molecular weight is 238 g/mol. The third-order valence-electron chi connectivity index (χ3n) is 5.31. The van der Waals surface area contributed by atoms with Crippen molar-refractivity contribution in [3.05, 3.63) is 0 Å². The zero-order valence-corrected chi connectivity index (χ0v) is 12.1. The van der Waals surface area contributed by atoms with Gasteiger partial charge in [-0.3, -0.25) is 4.90 Å². The summed E-state index contributed by atoms with van der Waals surface area (Å²) in [5, 5.41) is 0. The van der Waals surface area contributed by atoms with Gasteiger partial charge < -0.3 is 5.73 Å². The molecule has 1 heterocycles. The van der Waals surface area contributed by atoms with E-state index in [9.17, 15) is 0 Å². The Kier molecular flexibility index (Phi) is 3.84. The quantitative estimate of drug-likeness (QED) is 0.801. The molecule has 2 rings (SSSR count). The fourth-order valence-electron chi connectivity index (χ4n) is 3.70. The first-order chi connectivity index (χ1) is 7.92. The van der Waals surface area contributed by atoms with Crippen LogP contribution < -0.4 is 5.73 Å². The van der Waals surface area contributed by atoms with E-state index in [1.807, 2.05) is 0 Å². The minimum absolute atomic E-state index is 0.332. The van der Waals surface area contributed by atoms with Crippen molar-refractivity contribution < 1.29 is 0 Å². The van der Waals surface area contributed by atoms with E-state index in [1.165, 1.54) is 38.8 Å². The van der Waals surface area contributed by atoms with Crippen LogP contribution in [-0.4, -0.2) is 30.1 Å². The Balaban J connectivity index is 1.99. The van der Waals surface area contributed by atoms with Gasteiger partial charge in [-0.1, -0.05) is 34.1 Å².